The first-order chi connectivity index (χ1) is 11.1. The molecule has 1 aromatic heterocycles. The van der Waals surface area contributed by atoms with Crippen molar-refractivity contribution in [1.29, 1.82) is 0 Å². The Balaban J connectivity index is 1.97. The van der Waals surface area contributed by atoms with Crippen molar-refractivity contribution in [3.8, 4) is 0 Å². The number of carbonyl (C=O) groups is 1. The third kappa shape index (κ3) is 3.29. The Labute approximate surface area is 137 Å². The van der Waals surface area contributed by atoms with E-state index in [1.807, 2.05) is 23.1 Å². The highest BCUT2D eigenvalue weighted by Crippen LogP contribution is 2.29. The van der Waals surface area contributed by atoms with Crippen molar-refractivity contribution < 1.29 is 4.79 Å². The molecule has 0 spiro atoms. The number of nitrogens with one attached hydrogen (secondary N) is 1. The molecule has 2 heterocycles. The van der Waals surface area contributed by atoms with Crippen molar-refractivity contribution in [3.05, 3.63) is 36.0 Å². The normalized spacial score (nSPS) is 16.1. The van der Waals surface area contributed by atoms with Crippen LogP contribution in [0.2, 0.25) is 0 Å². The van der Waals surface area contributed by atoms with Crippen LogP contribution in [0.3, 0.4) is 0 Å². The van der Waals surface area contributed by atoms with Gasteiger partial charge in [-0.1, -0.05) is 6.07 Å². The number of likely N-dealkylation sites (tertiary alicyclic amines) is 1. The third-order valence-electron chi connectivity index (χ3n) is 4.62. The summed E-state index contributed by atoms with van der Waals surface area (Å²) < 4.78 is 0. The Morgan fingerprint density at radius 2 is 2.04 bits per heavy atom. The van der Waals surface area contributed by atoms with E-state index in [0.29, 0.717) is 0 Å². The predicted octanol–water partition coefficient (Wildman–Crippen LogP) is 3.49. The summed E-state index contributed by atoms with van der Waals surface area (Å²) in [6.07, 6.45) is 3.94. The van der Waals surface area contributed by atoms with Crippen molar-refractivity contribution in [1.82, 2.24) is 14.8 Å². The molecule has 1 aromatic carbocycles. The van der Waals surface area contributed by atoms with Crippen LogP contribution in [0.1, 0.15) is 31.4 Å². The fourth-order valence-corrected chi connectivity index (χ4v) is 2.96. The summed E-state index contributed by atoms with van der Waals surface area (Å²) in [6.45, 7) is 3.83. The molecule has 5 heteroatoms. The molecule has 122 valence electrons. The lowest BCUT2D eigenvalue weighted by Crippen LogP contribution is -2.32. The number of nitrogens with zero attached hydrogens (tertiary/aromatic N) is 3. The molecule has 2 amide bonds. The van der Waals surface area contributed by atoms with E-state index in [-0.39, 0.29) is 12.1 Å². The number of fused-ring (bicyclic) bond motifs is 1. The van der Waals surface area contributed by atoms with Crippen molar-refractivity contribution in [2.75, 3.05) is 32.5 Å². The van der Waals surface area contributed by atoms with Crippen LogP contribution in [0.15, 0.2) is 30.5 Å². The fraction of sp³-hybridized carbons (Fsp3) is 0.444. The minimum Gasteiger partial charge on any atom is -0.325 e. The molecule has 1 aliphatic heterocycles. The quantitative estimate of drug-likeness (QED) is 0.944. The molecule has 0 radical (unpaired) electrons. The molecule has 2 aromatic rings. The lowest BCUT2D eigenvalue weighted by atomic mass is 10.0. The first-order valence-electron chi connectivity index (χ1n) is 8.17. The van der Waals surface area contributed by atoms with Crippen LogP contribution in [-0.4, -0.2) is 48.0 Å². The zero-order chi connectivity index (χ0) is 16.4. The van der Waals surface area contributed by atoms with Gasteiger partial charge in [0, 0.05) is 30.7 Å². The molecule has 3 rings (SSSR count). The molecule has 0 bridgehead atoms. The number of benzene rings is 1. The van der Waals surface area contributed by atoms with Crippen molar-refractivity contribution in [2.24, 2.45) is 0 Å². The summed E-state index contributed by atoms with van der Waals surface area (Å²) in [4.78, 5) is 20.9. The van der Waals surface area contributed by atoms with Crippen molar-refractivity contribution in [3.63, 3.8) is 0 Å². The second-order valence-electron chi connectivity index (χ2n) is 6.41. The minimum absolute atomic E-state index is 0.0240. The summed E-state index contributed by atoms with van der Waals surface area (Å²) >= 11 is 0. The summed E-state index contributed by atoms with van der Waals surface area (Å²) in [5.41, 5.74) is 2.81. The van der Waals surface area contributed by atoms with E-state index < -0.39 is 0 Å². The topological polar surface area (TPSA) is 48.5 Å². The molecule has 1 atom stereocenters. The van der Waals surface area contributed by atoms with Gasteiger partial charge in [-0.25, -0.2) is 4.79 Å². The highest BCUT2D eigenvalue weighted by molar-refractivity contribution is 6.00. The number of urea groups is 1. The third-order valence-corrected chi connectivity index (χ3v) is 4.62. The summed E-state index contributed by atoms with van der Waals surface area (Å²) in [5, 5.41) is 4.12. The summed E-state index contributed by atoms with van der Waals surface area (Å²) in [6, 6.07) is 8.41. The number of aromatic nitrogens is 1. The van der Waals surface area contributed by atoms with E-state index in [9.17, 15) is 4.79 Å². The largest absolute Gasteiger partial charge is 0.325 e. The van der Waals surface area contributed by atoms with Gasteiger partial charge in [-0.3, -0.25) is 4.98 Å². The Morgan fingerprint density at radius 3 is 2.74 bits per heavy atom. The molecule has 1 N–H and O–H groups in total. The van der Waals surface area contributed by atoms with Crippen LogP contribution in [0.4, 0.5) is 10.5 Å². The number of hydrogen-bond acceptors (Lipinski definition) is 3. The van der Waals surface area contributed by atoms with Crippen molar-refractivity contribution in [2.45, 2.75) is 25.8 Å². The number of pyridine rings is 1. The van der Waals surface area contributed by atoms with E-state index >= 15 is 0 Å². The number of rotatable bonds is 3. The summed E-state index contributed by atoms with van der Waals surface area (Å²) in [5.74, 6) is 0. The summed E-state index contributed by atoms with van der Waals surface area (Å²) in [7, 11) is 4.11. The standard InChI is InChI=1S/C18H24N4O/c1-13(21(2)3)15-11-14-7-6-8-19-17(14)16(12-15)20-18(23)22-9-4-5-10-22/h6-8,11-13H,4-5,9-10H2,1-3H3,(H,20,23). The Bertz CT molecular complexity index is 707. The molecular formula is C18H24N4O. The second kappa shape index (κ2) is 6.54. The van der Waals surface area contributed by atoms with Gasteiger partial charge < -0.3 is 15.1 Å². The first kappa shape index (κ1) is 15.7. The molecule has 5 nitrogen and oxygen atoms in total. The van der Waals surface area contributed by atoms with Crippen LogP contribution in [0.5, 0.6) is 0 Å². The highest BCUT2D eigenvalue weighted by atomic mass is 16.2. The molecule has 1 aliphatic rings. The predicted molar refractivity (Wildman–Crippen MR) is 93.7 cm³/mol. The van der Waals surface area contributed by atoms with Gasteiger partial charge in [-0.15, -0.1) is 0 Å². The van der Waals surface area contributed by atoms with Gasteiger partial charge >= 0.3 is 6.03 Å². The Hall–Kier alpha value is -2.14. The van der Waals surface area contributed by atoms with Crippen molar-refractivity contribution >= 4 is 22.6 Å². The molecule has 1 fully saturated rings. The number of hydrogen-bond donors (Lipinski definition) is 1. The van der Waals surface area contributed by atoms with Crippen LogP contribution >= 0.6 is 0 Å². The van der Waals surface area contributed by atoms with E-state index in [1.54, 1.807) is 6.20 Å². The lowest BCUT2D eigenvalue weighted by Gasteiger charge is -2.22. The Morgan fingerprint density at radius 1 is 1.30 bits per heavy atom. The molecule has 0 saturated carbocycles. The van der Waals surface area contributed by atoms with Gasteiger partial charge in [-0.2, -0.15) is 0 Å². The Kier molecular flexibility index (Phi) is 4.48. The monoisotopic (exact) mass is 312 g/mol. The number of amides is 2. The van der Waals surface area contributed by atoms with Gasteiger partial charge in [-0.05, 0) is 57.6 Å². The SMILES string of the molecule is CC(c1cc(NC(=O)N2CCCC2)c2ncccc2c1)N(C)C. The maximum Gasteiger partial charge on any atom is 0.321 e. The fourth-order valence-electron chi connectivity index (χ4n) is 2.96. The zero-order valence-corrected chi connectivity index (χ0v) is 14.0. The smallest absolute Gasteiger partial charge is 0.321 e. The average molecular weight is 312 g/mol. The maximum atomic E-state index is 12.5. The van der Waals surface area contributed by atoms with Crippen LogP contribution in [0.25, 0.3) is 10.9 Å². The molecule has 23 heavy (non-hydrogen) atoms. The molecule has 0 aliphatic carbocycles. The zero-order valence-electron chi connectivity index (χ0n) is 14.0. The van der Waals surface area contributed by atoms with E-state index in [2.05, 4.69) is 42.3 Å². The van der Waals surface area contributed by atoms with Gasteiger partial charge in [0.05, 0.1) is 11.2 Å². The highest BCUT2D eigenvalue weighted by Gasteiger charge is 2.19. The average Bonchev–Trinajstić information content (AvgIpc) is 3.08. The van der Waals surface area contributed by atoms with E-state index in [1.165, 1.54) is 5.56 Å². The van der Waals surface area contributed by atoms with Gasteiger partial charge in [0.25, 0.3) is 0 Å². The number of carbonyl (C=O) groups excluding carboxylic acids is 1. The number of anilines is 1. The van der Waals surface area contributed by atoms with E-state index in [0.717, 1.165) is 42.5 Å². The van der Waals surface area contributed by atoms with Gasteiger partial charge in [0.2, 0.25) is 0 Å². The van der Waals surface area contributed by atoms with Crippen LogP contribution < -0.4 is 5.32 Å². The molecular weight excluding hydrogens is 288 g/mol. The van der Waals surface area contributed by atoms with Crippen LogP contribution in [-0.2, 0) is 0 Å². The molecule has 1 unspecified atom stereocenters. The first-order valence-corrected chi connectivity index (χ1v) is 8.17. The lowest BCUT2D eigenvalue weighted by molar-refractivity contribution is 0.222. The minimum atomic E-state index is -0.0240. The maximum absolute atomic E-state index is 12.5. The van der Waals surface area contributed by atoms with Crippen LogP contribution in [0, 0.1) is 0 Å². The van der Waals surface area contributed by atoms with E-state index in [4.69, 9.17) is 0 Å². The molecule has 1 saturated heterocycles. The van der Waals surface area contributed by atoms with Gasteiger partial charge in [0.1, 0.15) is 0 Å². The van der Waals surface area contributed by atoms with Gasteiger partial charge in [0.15, 0.2) is 0 Å². The second-order valence-corrected chi connectivity index (χ2v) is 6.41.